The van der Waals surface area contributed by atoms with Gasteiger partial charge in [-0.25, -0.2) is 9.59 Å². The fourth-order valence-electron chi connectivity index (χ4n) is 0.556. The van der Waals surface area contributed by atoms with E-state index in [1.807, 2.05) is 0 Å². The van der Waals surface area contributed by atoms with Gasteiger partial charge in [-0.15, -0.1) is 0 Å². The Bertz CT molecular complexity index is 216. The van der Waals surface area contributed by atoms with Crippen LogP contribution in [0, 0.1) is 0 Å². The largest absolute Gasteiger partial charge is 0.509 e. The van der Waals surface area contributed by atoms with Crippen molar-refractivity contribution in [1.82, 2.24) is 0 Å². The van der Waals surface area contributed by atoms with Gasteiger partial charge in [-0.1, -0.05) is 0 Å². The normalized spacial score (nSPS) is 13.1. The van der Waals surface area contributed by atoms with Crippen LogP contribution in [0.5, 0.6) is 0 Å². The molecular weight excluding hydrogens is 192 g/mol. The lowest BCUT2D eigenvalue weighted by Gasteiger charge is -2.20. The lowest BCUT2D eigenvalue weighted by Crippen LogP contribution is -2.33. The van der Waals surface area contributed by atoms with Gasteiger partial charge in [0.15, 0.2) is 0 Å². The van der Waals surface area contributed by atoms with Gasteiger partial charge in [-0.2, -0.15) is 0 Å². The highest BCUT2D eigenvalue weighted by Gasteiger charge is 2.25. The number of aliphatic carboxylic acids is 1. The van der Waals surface area contributed by atoms with E-state index in [1.54, 1.807) is 20.8 Å². The first-order valence-corrected chi connectivity index (χ1v) is 3.99. The predicted molar refractivity (Wildman–Crippen MR) is 45.8 cm³/mol. The molecule has 0 bridgehead atoms. The van der Waals surface area contributed by atoms with Crippen LogP contribution in [-0.4, -0.2) is 40.6 Å². The number of rotatable bonds is 3. The fraction of sp³-hybridized carbons (Fsp3) is 0.750. The quantitative estimate of drug-likeness (QED) is 0.648. The van der Waals surface area contributed by atoms with E-state index in [4.69, 9.17) is 10.2 Å². The van der Waals surface area contributed by atoms with E-state index < -0.39 is 30.4 Å². The molecule has 2 N–H and O–H groups in total. The highest BCUT2D eigenvalue weighted by molar-refractivity contribution is 5.75. The van der Waals surface area contributed by atoms with Gasteiger partial charge in [0.2, 0.25) is 6.10 Å². The molecule has 6 nitrogen and oxygen atoms in total. The number of carboxylic acid groups (broad SMARTS) is 1. The molecule has 0 heterocycles. The summed E-state index contributed by atoms with van der Waals surface area (Å²) >= 11 is 0. The summed E-state index contributed by atoms with van der Waals surface area (Å²) in [4.78, 5) is 21.3. The SMILES string of the molecule is CC(C)(C)OC(=O)OC(CO)C(=O)O. The van der Waals surface area contributed by atoms with Gasteiger partial charge in [0.05, 0.1) is 6.61 Å². The lowest BCUT2D eigenvalue weighted by molar-refractivity contribution is -0.151. The van der Waals surface area contributed by atoms with Gasteiger partial charge in [0.25, 0.3) is 0 Å². The van der Waals surface area contributed by atoms with E-state index >= 15 is 0 Å². The fourth-order valence-corrected chi connectivity index (χ4v) is 0.556. The van der Waals surface area contributed by atoms with E-state index in [0.717, 1.165) is 0 Å². The van der Waals surface area contributed by atoms with Gasteiger partial charge in [0.1, 0.15) is 5.60 Å². The number of hydrogen-bond acceptors (Lipinski definition) is 5. The van der Waals surface area contributed by atoms with E-state index in [1.165, 1.54) is 0 Å². The molecule has 0 aliphatic rings. The monoisotopic (exact) mass is 206 g/mol. The van der Waals surface area contributed by atoms with Gasteiger partial charge < -0.3 is 19.7 Å². The van der Waals surface area contributed by atoms with Crippen LogP contribution in [-0.2, 0) is 14.3 Å². The summed E-state index contributed by atoms with van der Waals surface area (Å²) in [6, 6.07) is 0. The standard InChI is InChI=1S/C8H14O6/c1-8(2,3)14-7(12)13-5(4-9)6(10)11/h5,9H,4H2,1-3H3,(H,10,11). The molecule has 0 radical (unpaired) electrons. The minimum atomic E-state index is -1.58. The molecule has 0 aromatic carbocycles. The highest BCUT2D eigenvalue weighted by atomic mass is 16.7. The summed E-state index contributed by atoms with van der Waals surface area (Å²) < 4.78 is 9.01. The predicted octanol–water partition coefficient (Wildman–Crippen LogP) is 0.384. The summed E-state index contributed by atoms with van der Waals surface area (Å²) in [5.74, 6) is -1.42. The van der Waals surface area contributed by atoms with Crippen LogP contribution in [0.2, 0.25) is 0 Å². The molecule has 0 aromatic heterocycles. The van der Waals surface area contributed by atoms with Crippen LogP contribution >= 0.6 is 0 Å². The third-order valence-electron chi connectivity index (χ3n) is 1.07. The van der Waals surface area contributed by atoms with Crippen molar-refractivity contribution < 1.29 is 29.3 Å². The van der Waals surface area contributed by atoms with Gasteiger partial charge >= 0.3 is 12.1 Å². The summed E-state index contributed by atoms with van der Waals surface area (Å²) in [6.45, 7) is 4.06. The van der Waals surface area contributed by atoms with Crippen molar-refractivity contribution in [2.75, 3.05) is 6.61 Å². The number of aliphatic hydroxyl groups is 1. The zero-order valence-electron chi connectivity index (χ0n) is 8.31. The maximum atomic E-state index is 10.9. The Morgan fingerprint density at radius 2 is 1.86 bits per heavy atom. The molecule has 1 atom stereocenters. The summed E-state index contributed by atoms with van der Waals surface area (Å²) in [7, 11) is 0. The Labute approximate surface area is 81.4 Å². The first-order valence-electron chi connectivity index (χ1n) is 3.99. The van der Waals surface area contributed by atoms with E-state index in [9.17, 15) is 9.59 Å². The molecule has 14 heavy (non-hydrogen) atoms. The van der Waals surface area contributed by atoms with Crippen molar-refractivity contribution in [2.45, 2.75) is 32.5 Å². The molecule has 0 saturated carbocycles. The molecule has 6 heteroatoms. The van der Waals surface area contributed by atoms with Crippen LogP contribution in [0.15, 0.2) is 0 Å². The molecule has 0 spiro atoms. The number of hydrogen-bond donors (Lipinski definition) is 2. The molecule has 0 aliphatic carbocycles. The molecule has 0 amide bonds. The molecular formula is C8H14O6. The second kappa shape index (κ2) is 4.80. The van der Waals surface area contributed by atoms with E-state index in [2.05, 4.69) is 9.47 Å². The Morgan fingerprint density at radius 3 is 2.14 bits per heavy atom. The molecule has 82 valence electrons. The molecule has 0 fully saturated rings. The zero-order valence-corrected chi connectivity index (χ0v) is 8.31. The number of carbonyl (C=O) groups is 2. The zero-order chi connectivity index (χ0) is 11.4. The summed E-state index contributed by atoms with van der Waals surface area (Å²) in [5, 5.41) is 17.0. The molecule has 0 aromatic rings. The Balaban J connectivity index is 4.11. The maximum Gasteiger partial charge on any atom is 0.509 e. The number of aliphatic hydroxyl groups excluding tert-OH is 1. The van der Waals surface area contributed by atoms with Crippen molar-refractivity contribution in [3.63, 3.8) is 0 Å². The number of ether oxygens (including phenoxy) is 2. The van der Waals surface area contributed by atoms with Crippen molar-refractivity contribution in [3.8, 4) is 0 Å². The molecule has 0 saturated heterocycles. The first-order chi connectivity index (χ1) is 6.26. The Morgan fingerprint density at radius 1 is 1.36 bits per heavy atom. The second-order valence-electron chi connectivity index (χ2n) is 3.59. The van der Waals surface area contributed by atoms with Crippen molar-refractivity contribution in [2.24, 2.45) is 0 Å². The lowest BCUT2D eigenvalue weighted by atomic mass is 10.2. The van der Waals surface area contributed by atoms with Crippen LogP contribution in [0.4, 0.5) is 4.79 Å². The van der Waals surface area contributed by atoms with Crippen molar-refractivity contribution in [1.29, 1.82) is 0 Å². The third kappa shape index (κ3) is 5.36. The van der Waals surface area contributed by atoms with Crippen LogP contribution in [0.3, 0.4) is 0 Å². The summed E-state index contributed by atoms with van der Waals surface area (Å²) in [6.07, 6.45) is -2.69. The average Bonchev–Trinajstić information content (AvgIpc) is 1.96. The average molecular weight is 206 g/mol. The number of carbonyl (C=O) groups excluding carboxylic acids is 1. The molecule has 0 rings (SSSR count). The maximum absolute atomic E-state index is 10.9. The minimum absolute atomic E-state index is 0.754. The van der Waals surface area contributed by atoms with Gasteiger partial charge in [-0.05, 0) is 20.8 Å². The smallest absolute Gasteiger partial charge is 0.478 e. The Kier molecular flexibility index (Phi) is 4.36. The van der Waals surface area contributed by atoms with E-state index in [0.29, 0.717) is 0 Å². The van der Waals surface area contributed by atoms with Crippen LogP contribution in [0.25, 0.3) is 0 Å². The minimum Gasteiger partial charge on any atom is -0.478 e. The molecule has 0 aliphatic heterocycles. The number of carboxylic acids is 1. The second-order valence-corrected chi connectivity index (χ2v) is 3.59. The first kappa shape index (κ1) is 12.7. The topological polar surface area (TPSA) is 93.1 Å². The van der Waals surface area contributed by atoms with E-state index in [-0.39, 0.29) is 0 Å². The van der Waals surface area contributed by atoms with Crippen molar-refractivity contribution in [3.05, 3.63) is 0 Å². The van der Waals surface area contributed by atoms with Crippen LogP contribution < -0.4 is 0 Å². The Hall–Kier alpha value is -1.30. The van der Waals surface area contributed by atoms with Crippen molar-refractivity contribution >= 4 is 12.1 Å². The summed E-state index contributed by atoms with van der Waals surface area (Å²) in [5.41, 5.74) is -0.754. The van der Waals surface area contributed by atoms with Gasteiger partial charge in [-0.3, -0.25) is 0 Å². The van der Waals surface area contributed by atoms with Crippen LogP contribution in [0.1, 0.15) is 20.8 Å². The highest BCUT2D eigenvalue weighted by Crippen LogP contribution is 2.09. The third-order valence-corrected chi connectivity index (χ3v) is 1.07. The van der Waals surface area contributed by atoms with Gasteiger partial charge in [0, 0.05) is 0 Å². The molecule has 1 unspecified atom stereocenters.